The van der Waals surface area contributed by atoms with E-state index in [1.807, 2.05) is 0 Å². The van der Waals surface area contributed by atoms with Crippen molar-refractivity contribution in [3.8, 4) is 0 Å². The normalized spacial score (nSPS) is 46.5. The highest BCUT2D eigenvalue weighted by atomic mass is 16.8. The monoisotopic (exact) mass is 1580 g/mol. The summed E-state index contributed by atoms with van der Waals surface area (Å²) in [4.78, 5) is 63.5. The van der Waals surface area contributed by atoms with Crippen molar-refractivity contribution in [3.63, 3.8) is 0 Å². The molecule has 0 aromatic rings. The van der Waals surface area contributed by atoms with E-state index in [9.17, 15) is 152 Å². The maximum atomic E-state index is 13.2. The summed E-state index contributed by atoms with van der Waals surface area (Å²) in [6, 6.07) is -7.47. The van der Waals surface area contributed by atoms with Crippen molar-refractivity contribution in [2.75, 3.05) is 59.5 Å². The number of carbonyl (C=O) groups is 5. The maximum Gasteiger partial charge on any atom is 0.364 e. The maximum absolute atomic E-state index is 13.2. The molecule has 0 bridgehead atoms. The van der Waals surface area contributed by atoms with E-state index < -0.39 is 346 Å². The van der Waals surface area contributed by atoms with Gasteiger partial charge in [-0.25, -0.2) is 4.79 Å². The Morgan fingerprint density at radius 1 is 0.398 bits per heavy atom. The summed E-state index contributed by atoms with van der Waals surface area (Å²) in [5.74, 6) is -9.48. The van der Waals surface area contributed by atoms with E-state index in [1.54, 1.807) is 0 Å². The second kappa shape index (κ2) is 38.7. The quantitative estimate of drug-likeness (QED) is 0.0318. The molecule has 624 valence electrons. The smallest absolute Gasteiger partial charge is 0.364 e. The fourth-order valence-electron chi connectivity index (χ4n) is 13.7. The number of amides is 4. The Kier molecular flexibility index (Phi) is 32.1. The van der Waals surface area contributed by atoms with Gasteiger partial charge in [-0.1, -0.05) is 0 Å². The van der Waals surface area contributed by atoms with E-state index in [0.717, 1.165) is 20.8 Å². The zero-order valence-electron chi connectivity index (χ0n) is 57.5. The van der Waals surface area contributed by atoms with Gasteiger partial charge in [0.15, 0.2) is 44.0 Å². The fraction of sp³-hybridized carbons (Fsp3) is 0.915. The zero-order chi connectivity index (χ0) is 80.0. The zero-order valence-corrected chi connectivity index (χ0v) is 57.5. The van der Waals surface area contributed by atoms with Crippen molar-refractivity contribution < 1.29 is 223 Å². The van der Waals surface area contributed by atoms with E-state index in [0.29, 0.717) is 0 Å². The number of hydrogen-bond acceptors (Lipinski definition) is 44. The minimum Gasteiger partial charge on any atom is -0.477 e. The lowest BCUT2D eigenvalue weighted by Gasteiger charge is -2.51. The Hall–Kier alpha value is -4.21. The van der Waals surface area contributed by atoms with Crippen LogP contribution in [0.1, 0.15) is 27.2 Å². The number of aliphatic carboxylic acids is 1. The predicted octanol–water partition coefficient (Wildman–Crippen LogP) is -19.7. The summed E-state index contributed by atoms with van der Waals surface area (Å²) in [6.45, 7) is -7.47. The van der Waals surface area contributed by atoms with Gasteiger partial charge in [-0.05, 0) is 0 Å². The second-order valence-corrected chi connectivity index (χ2v) is 26.8. The molecule has 41 atom stereocenters. The third kappa shape index (κ3) is 19.6. The molecule has 29 N–H and O–H groups in total. The van der Waals surface area contributed by atoms with Gasteiger partial charge in [-0.3, -0.25) is 19.2 Å². The summed E-state index contributed by atoms with van der Waals surface area (Å²) >= 11 is 0. The first-order chi connectivity index (χ1) is 51.0. The third-order valence-electron chi connectivity index (χ3n) is 19.3. The lowest BCUT2D eigenvalue weighted by molar-refractivity contribution is -0.400. The topological polar surface area (TPSA) is 778 Å². The van der Waals surface area contributed by atoms with Crippen molar-refractivity contribution in [1.29, 1.82) is 0 Å². The molecule has 49 nitrogen and oxygen atoms in total. The summed E-state index contributed by atoms with van der Waals surface area (Å²) < 4.78 is 87.6. The first-order valence-corrected chi connectivity index (χ1v) is 33.9. The lowest BCUT2D eigenvalue weighted by atomic mass is 9.88. The van der Waals surface area contributed by atoms with Gasteiger partial charge in [0.25, 0.3) is 5.79 Å². The molecule has 0 aliphatic carbocycles. The van der Waals surface area contributed by atoms with Crippen LogP contribution in [0, 0.1) is 0 Å². The van der Waals surface area contributed by atoms with Crippen molar-refractivity contribution in [1.82, 2.24) is 21.3 Å². The van der Waals surface area contributed by atoms with E-state index in [4.69, 9.17) is 71.1 Å². The van der Waals surface area contributed by atoms with Crippen LogP contribution in [0.5, 0.6) is 0 Å². The molecule has 0 spiro atoms. The molecule has 108 heavy (non-hydrogen) atoms. The molecule has 0 radical (unpaired) electrons. The average Bonchev–Trinajstić information content (AvgIpc) is 0.753. The molecule has 8 saturated heterocycles. The molecule has 8 rings (SSSR count). The number of rotatable bonds is 30. The van der Waals surface area contributed by atoms with Gasteiger partial charge in [-0.2, -0.15) is 0 Å². The molecule has 0 aromatic carbocycles. The van der Waals surface area contributed by atoms with E-state index in [2.05, 4.69) is 21.3 Å². The van der Waals surface area contributed by atoms with Gasteiger partial charge >= 0.3 is 5.97 Å². The number of aliphatic hydroxyl groups is 24. The van der Waals surface area contributed by atoms with Crippen LogP contribution in [-0.2, 0) is 95.0 Å². The molecule has 49 heteroatoms. The number of nitrogens with one attached hydrogen (secondary N) is 4. The van der Waals surface area contributed by atoms with Gasteiger partial charge in [-0.15, -0.1) is 0 Å². The van der Waals surface area contributed by atoms with Crippen molar-refractivity contribution >= 4 is 29.6 Å². The molecule has 8 aliphatic heterocycles. The molecule has 8 heterocycles. The highest BCUT2D eigenvalue weighted by molar-refractivity contribution is 5.78. The highest BCUT2D eigenvalue weighted by Crippen LogP contribution is 2.41. The van der Waals surface area contributed by atoms with Gasteiger partial charge < -0.3 is 220 Å². The molecular weight excluding hydrogens is 1480 g/mol. The third-order valence-corrected chi connectivity index (χ3v) is 19.3. The SMILES string of the molecule is CC(=O)N[C@@H]1[C@@H](O)[C@H](O[C@@H]2O[C@H](CO)[C@@H](O[C@@H]3O[C@H](CO[C@H]4O[C@H](CO)[C@@H](O)[C@H](O)[C@@H]4O)[C@@H](O)[C@H](O[C@H]4O[C@H](CO)[C@@H](O)[C@H](O)[C@@H]4O[C@@H]4O[C@H](CO)[C@@H](O[C@@H]5O[C@H](CO)[C@H](O)[C@H](O[C@]6(C(=O)O)C[C@H](O)[C@@H](NC(=O)CO)[C@H]([C@H](O)[C@H](O)CO)O6)[C@H]5O)[C@H](O)[C@H]4NC(C)=O)[C@@H]3O)[C@H](O)[C@H]2NC(C)=O)[C@@H](CO)O[C@H]1O. The number of hydrogen-bond donors (Lipinski definition) is 29. The minimum atomic E-state index is -3.34. The lowest BCUT2D eigenvalue weighted by Crippen LogP contribution is -2.71. The first-order valence-electron chi connectivity index (χ1n) is 33.9. The first kappa shape index (κ1) is 89.3. The number of carboxylic acid groups (broad SMARTS) is 1. The van der Waals surface area contributed by atoms with E-state index >= 15 is 0 Å². The molecule has 8 fully saturated rings. The number of aliphatic hydroxyl groups excluding tert-OH is 24. The van der Waals surface area contributed by atoms with Crippen molar-refractivity contribution in [2.45, 2.75) is 278 Å². The second-order valence-electron chi connectivity index (χ2n) is 26.8. The Balaban J connectivity index is 1.09. The Morgan fingerprint density at radius 2 is 0.796 bits per heavy atom. The molecular formula is C59H98N4O45. The largest absolute Gasteiger partial charge is 0.477 e. The predicted molar refractivity (Wildman–Crippen MR) is 329 cm³/mol. The Bertz CT molecular complexity index is 2890. The standard InChI is InChI=1S/C59H98N4O45/c1-14(72)60-28-36(83)44(22(9-68)95-51(28)91)102-52-29(61-15(2)73)37(84)45(23(10-69)99-52)103-55-42(89)48(35(82)25(101-55)13-94-54-41(88)39(86)32(79)19(6-65)96-54)105-57-50(40(87)33(80)20(7-66)98-57)106-53-30(62-16(3)74)38(85)46(24(11-70)100-53)104-56-43(90)49(34(81)21(8-67)97-56)108-59(58(92)93)4-17(75)27(63-26(77)12-71)47(107-59)31(78)18(76)5-64/h17-25,27-57,64-71,75-76,78-91H,4-13H2,1-3H3,(H,60,72)(H,61,73)(H,62,74)(H,63,77)(H,92,93)/t17-,18+,19+,20+,21+,22+,23+,24+,25+,27+,28+,29+,30+,31+,32+,33+,34-,35+,36+,37+,38+,39-,40-,41-,42-,43+,44+,45+,46+,47+,48-,49-,50-,51+,52-,53-,54-,55-,56-,57+,59-/m0/s1. The van der Waals surface area contributed by atoms with E-state index in [1.165, 1.54) is 0 Å². The fourth-order valence-corrected chi connectivity index (χ4v) is 13.7. The van der Waals surface area contributed by atoms with Crippen LogP contribution in [0.2, 0.25) is 0 Å². The van der Waals surface area contributed by atoms with Crippen LogP contribution in [0.4, 0.5) is 0 Å². The summed E-state index contributed by atoms with van der Waals surface area (Å²) in [7, 11) is 0. The number of ether oxygens (including phenoxy) is 15. The molecule has 4 amide bonds. The van der Waals surface area contributed by atoms with Gasteiger partial charge in [0.1, 0.15) is 196 Å². The number of carbonyl (C=O) groups excluding carboxylic acids is 4. The molecule has 8 aliphatic rings. The highest BCUT2D eigenvalue weighted by Gasteiger charge is 2.63. The minimum absolute atomic E-state index is 0.774. The average molecular weight is 1580 g/mol. The molecule has 0 saturated carbocycles. The van der Waals surface area contributed by atoms with E-state index in [-0.39, 0.29) is 0 Å². The Morgan fingerprint density at radius 3 is 1.28 bits per heavy atom. The summed E-state index contributed by atoms with van der Waals surface area (Å²) in [5, 5.41) is 284. The van der Waals surface area contributed by atoms with Crippen LogP contribution >= 0.6 is 0 Å². The van der Waals surface area contributed by atoms with Crippen LogP contribution in [0.15, 0.2) is 0 Å². The van der Waals surface area contributed by atoms with Crippen molar-refractivity contribution in [2.24, 2.45) is 0 Å². The van der Waals surface area contributed by atoms with Crippen LogP contribution in [0.3, 0.4) is 0 Å². The summed E-state index contributed by atoms with van der Waals surface area (Å²) in [5.41, 5.74) is 0. The van der Waals surface area contributed by atoms with Crippen LogP contribution in [-0.4, -0.2) is 468 Å². The number of carboxylic acids is 1. The molecule has 0 aromatic heterocycles. The Labute approximate surface area is 609 Å². The van der Waals surface area contributed by atoms with Gasteiger partial charge in [0.05, 0.1) is 65.0 Å². The van der Waals surface area contributed by atoms with Crippen LogP contribution in [0.25, 0.3) is 0 Å². The van der Waals surface area contributed by atoms with Crippen LogP contribution < -0.4 is 21.3 Å². The molecule has 0 unspecified atom stereocenters. The van der Waals surface area contributed by atoms with Crippen molar-refractivity contribution in [3.05, 3.63) is 0 Å². The summed E-state index contributed by atoms with van der Waals surface area (Å²) in [6.07, 6.45) is -78.9. The van der Waals surface area contributed by atoms with Gasteiger partial charge in [0.2, 0.25) is 23.6 Å². The van der Waals surface area contributed by atoms with Gasteiger partial charge in [0, 0.05) is 27.2 Å².